The molecule has 80 valence electrons. The molecule has 0 aliphatic heterocycles. The summed E-state index contributed by atoms with van der Waals surface area (Å²) < 4.78 is 0. The van der Waals surface area contributed by atoms with E-state index in [4.69, 9.17) is 5.11 Å². The van der Waals surface area contributed by atoms with Gasteiger partial charge >= 0.3 is 5.97 Å². The molecule has 0 amide bonds. The topological polar surface area (TPSA) is 53.4 Å². The Balaban J connectivity index is 2.28. The Morgan fingerprint density at radius 2 is 2.20 bits per heavy atom. The number of aromatic carboxylic acids is 1. The third-order valence-electron chi connectivity index (χ3n) is 2.76. The predicted molar refractivity (Wildman–Crippen MR) is 57.4 cm³/mol. The third kappa shape index (κ3) is 1.93. The molecule has 1 aromatic rings. The van der Waals surface area contributed by atoms with E-state index in [1.165, 1.54) is 12.8 Å². The van der Waals surface area contributed by atoms with Crippen LogP contribution in [0.5, 0.6) is 0 Å². The van der Waals surface area contributed by atoms with Crippen molar-refractivity contribution in [3.05, 3.63) is 23.4 Å². The largest absolute Gasteiger partial charge is 0.478 e. The second-order valence-electron chi connectivity index (χ2n) is 3.95. The minimum absolute atomic E-state index is 0.281. The summed E-state index contributed by atoms with van der Waals surface area (Å²) in [7, 11) is 2.00. The molecule has 1 aliphatic rings. The van der Waals surface area contributed by atoms with Gasteiger partial charge in [-0.1, -0.05) is 0 Å². The Labute approximate surface area is 88.6 Å². The van der Waals surface area contributed by atoms with Gasteiger partial charge in [0.15, 0.2) is 0 Å². The van der Waals surface area contributed by atoms with E-state index in [9.17, 15) is 4.79 Å². The summed E-state index contributed by atoms with van der Waals surface area (Å²) in [5, 5.41) is 8.86. The number of hydrogen-bond acceptors (Lipinski definition) is 3. The van der Waals surface area contributed by atoms with Crippen molar-refractivity contribution >= 4 is 11.8 Å². The van der Waals surface area contributed by atoms with Gasteiger partial charge in [0.05, 0.1) is 11.3 Å². The average Bonchev–Trinajstić information content (AvgIpc) is 2.99. The molecule has 0 aromatic carbocycles. The van der Waals surface area contributed by atoms with Gasteiger partial charge in [0.1, 0.15) is 5.82 Å². The van der Waals surface area contributed by atoms with Crippen molar-refractivity contribution in [1.29, 1.82) is 0 Å². The second-order valence-corrected chi connectivity index (χ2v) is 3.95. The van der Waals surface area contributed by atoms with E-state index in [1.807, 2.05) is 7.05 Å². The van der Waals surface area contributed by atoms with Crippen molar-refractivity contribution in [3.8, 4) is 0 Å². The zero-order chi connectivity index (χ0) is 11.0. The van der Waals surface area contributed by atoms with E-state index in [2.05, 4.69) is 9.88 Å². The van der Waals surface area contributed by atoms with Crippen LogP contribution >= 0.6 is 0 Å². The lowest BCUT2D eigenvalue weighted by atomic mass is 10.2. The molecule has 1 fully saturated rings. The number of carboxylic acid groups (broad SMARTS) is 1. The van der Waals surface area contributed by atoms with Gasteiger partial charge in [-0.05, 0) is 31.9 Å². The summed E-state index contributed by atoms with van der Waals surface area (Å²) in [4.78, 5) is 17.2. The molecule has 0 bridgehead atoms. The van der Waals surface area contributed by atoms with Gasteiger partial charge in [-0.25, -0.2) is 9.78 Å². The molecule has 0 atom stereocenters. The van der Waals surface area contributed by atoms with E-state index in [0.29, 0.717) is 11.7 Å². The number of pyridine rings is 1. The van der Waals surface area contributed by atoms with Crippen LogP contribution in [0.25, 0.3) is 0 Å². The zero-order valence-corrected chi connectivity index (χ0v) is 8.90. The van der Waals surface area contributed by atoms with Crippen LogP contribution in [-0.2, 0) is 0 Å². The summed E-state index contributed by atoms with van der Waals surface area (Å²) >= 11 is 0. The molecule has 1 heterocycles. The maximum Gasteiger partial charge on any atom is 0.337 e. The van der Waals surface area contributed by atoms with Crippen LogP contribution in [0.4, 0.5) is 5.82 Å². The molecule has 0 unspecified atom stereocenters. The highest BCUT2D eigenvalue weighted by molar-refractivity contribution is 5.89. The van der Waals surface area contributed by atoms with Crippen LogP contribution in [0.2, 0.25) is 0 Å². The Kier molecular flexibility index (Phi) is 2.34. The number of rotatable bonds is 3. The van der Waals surface area contributed by atoms with Crippen LogP contribution in [-0.4, -0.2) is 29.1 Å². The molecule has 1 aromatic heterocycles. The fraction of sp³-hybridized carbons (Fsp3) is 0.455. The van der Waals surface area contributed by atoms with Crippen LogP contribution in [0.1, 0.15) is 28.9 Å². The Hall–Kier alpha value is -1.58. The first-order valence-electron chi connectivity index (χ1n) is 5.03. The van der Waals surface area contributed by atoms with E-state index >= 15 is 0 Å². The minimum atomic E-state index is -0.916. The molecule has 1 aliphatic carbocycles. The number of nitrogens with zero attached hydrogens (tertiary/aromatic N) is 2. The van der Waals surface area contributed by atoms with Gasteiger partial charge in [-0.2, -0.15) is 0 Å². The molecular formula is C11H14N2O2. The first-order valence-corrected chi connectivity index (χ1v) is 5.03. The lowest BCUT2D eigenvalue weighted by molar-refractivity contribution is 0.0695. The summed E-state index contributed by atoms with van der Waals surface area (Å²) in [6.07, 6.45) is 2.41. The Bertz CT molecular complexity index is 400. The quantitative estimate of drug-likeness (QED) is 0.817. The highest BCUT2D eigenvalue weighted by atomic mass is 16.4. The smallest absolute Gasteiger partial charge is 0.337 e. The number of carboxylic acids is 1. The van der Waals surface area contributed by atoms with E-state index in [-0.39, 0.29) is 5.56 Å². The maximum absolute atomic E-state index is 10.8. The van der Waals surface area contributed by atoms with Crippen molar-refractivity contribution in [2.75, 3.05) is 11.9 Å². The molecule has 1 N–H and O–H groups in total. The Morgan fingerprint density at radius 1 is 1.53 bits per heavy atom. The van der Waals surface area contributed by atoms with Crippen molar-refractivity contribution in [2.45, 2.75) is 25.8 Å². The molecule has 2 rings (SSSR count). The van der Waals surface area contributed by atoms with Gasteiger partial charge in [0.2, 0.25) is 0 Å². The molecule has 4 heteroatoms. The number of aromatic nitrogens is 1. The zero-order valence-electron chi connectivity index (χ0n) is 8.90. The van der Waals surface area contributed by atoms with Crippen molar-refractivity contribution in [1.82, 2.24) is 4.98 Å². The fourth-order valence-corrected chi connectivity index (χ4v) is 1.62. The molecule has 15 heavy (non-hydrogen) atoms. The Morgan fingerprint density at radius 3 is 2.67 bits per heavy atom. The first-order chi connectivity index (χ1) is 7.09. The average molecular weight is 206 g/mol. The van der Waals surface area contributed by atoms with Gasteiger partial charge in [0, 0.05) is 13.1 Å². The van der Waals surface area contributed by atoms with Crippen LogP contribution in [0.15, 0.2) is 12.1 Å². The molecule has 1 saturated carbocycles. The summed E-state index contributed by atoms with van der Waals surface area (Å²) in [5.41, 5.74) is 0.857. The maximum atomic E-state index is 10.8. The molecule has 4 nitrogen and oxygen atoms in total. The molecule has 0 radical (unpaired) electrons. The summed E-state index contributed by atoms with van der Waals surface area (Å²) in [5.74, 6) is -0.0550. The van der Waals surface area contributed by atoms with Crippen LogP contribution in [0, 0.1) is 6.92 Å². The highest BCUT2D eigenvalue weighted by Gasteiger charge is 2.27. The van der Waals surface area contributed by atoms with E-state index in [0.717, 1.165) is 5.82 Å². The van der Waals surface area contributed by atoms with Gasteiger partial charge in [0.25, 0.3) is 0 Å². The number of carbonyl (C=O) groups is 1. The van der Waals surface area contributed by atoms with Crippen molar-refractivity contribution in [2.24, 2.45) is 0 Å². The number of aryl methyl sites for hydroxylation is 1. The van der Waals surface area contributed by atoms with Crippen molar-refractivity contribution < 1.29 is 9.90 Å². The minimum Gasteiger partial charge on any atom is -0.478 e. The summed E-state index contributed by atoms with van der Waals surface area (Å²) in [6.45, 7) is 1.73. The fourth-order valence-electron chi connectivity index (χ4n) is 1.62. The predicted octanol–water partition coefficient (Wildman–Crippen LogP) is 1.69. The first kappa shape index (κ1) is 9.96. The molecule has 0 spiro atoms. The van der Waals surface area contributed by atoms with E-state index in [1.54, 1.807) is 19.1 Å². The third-order valence-corrected chi connectivity index (χ3v) is 2.76. The lowest BCUT2D eigenvalue weighted by Crippen LogP contribution is -2.21. The summed E-state index contributed by atoms with van der Waals surface area (Å²) in [6, 6.07) is 3.99. The standard InChI is InChI=1S/C11H14N2O2/c1-7-9(11(14)15)5-6-10(12-7)13(2)8-3-4-8/h5-6,8H,3-4H2,1-2H3,(H,14,15). The highest BCUT2D eigenvalue weighted by Crippen LogP contribution is 2.29. The van der Waals surface area contributed by atoms with Crippen molar-refractivity contribution in [3.63, 3.8) is 0 Å². The number of hydrogen-bond donors (Lipinski definition) is 1. The molecular weight excluding hydrogens is 192 g/mol. The van der Waals surface area contributed by atoms with Crippen LogP contribution < -0.4 is 4.90 Å². The normalized spacial score (nSPS) is 15.1. The number of anilines is 1. The van der Waals surface area contributed by atoms with E-state index < -0.39 is 5.97 Å². The molecule has 0 saturated heterocycles. The van der Waals surface area contributed by atoms with Gasteiger partial charge < -0.3 is 10.0 Å². The monoisotopic (exact) mass is 206 g/mol. The second kappa shape index (κ2) is 3.53. The van der Waals surface area contributed by atoms with Crippen LogP contribution in [0.3, 0.4) is 0 Å². The van der Waals surface area contributed by atoms with Gasteiger partial charge in [-0.3, -0.25) is 0 Å². The SMILES string of the molecule is Cc1nc(N(C)C2CC2)ccc1C(=O)O. The lowest BCUT2D eigenvalue weighted by Gasteiger charge is -2.17. The van der Waals surface area contributed by atoms with Gasteiger partial charge in [-0.15, -0.1) is 0 Å².